The summed E-state index contributed by atoms with van der Waals surface area (Å²) in [4.78, 5) is 25.1. The van der Waals surface area contributed by atoms with Crippen molar-refractivity contribution in [1.29, 1.82) is 0 Å². The number of fused-ring (bicyclic) bond motifs is 5. The summed E-state index contributed by atoms with van der Waals surface area (Å²) >= 11 is 0. The standard InChI is InChI=1S/C15H14F9NO3/c16-12(17,13(18,19)14(20,21)15(22,23)24)4-1-5-25-10(26)8-6-2-3-7(28-6)9(8)11(25)27/h6-9H,1-5H2. The van der Waals surface area contributed by atoms with Gasteiger partial charge in [0.2, 0.25) is 11.8 Å². The van der Waals surface area contributed by atoms with E-state index in [4.69, 9.17) is 4.74 Å². The number of nitrogens with zero attached hydrogens (tertiary/aromatic N) is 1. The predicted molar refractivity (Wildman–Crippen MR) is 71.7 cm³/mol. The largest absolute Gasteiger partial charge is 0.460 e. The van der Waals surface area contributed by atoms with Gasteiger partial charge in [-0.05, 0) is 19.3 Å². The first-order valence-electron chi connectivity index (χ1n) is 8.34. The second-order valence-corrected chi connectivity index (χ2v) is 7.12. The van der Waals surface area contributed by atoms with Gasteiger partial charge in [0.25, 0.3) is 0 Å². The zero-order valence-electron chi connectivity index (χ0n) is 13.9. The van der Waals surface area contributed by atoms with Crippen LogP contribution in [0.1, 0.15) is 25.7 Å². The number of likely N-dealkylation sites (tertiary alicyclic amines) is 1. The molecule has 3 rings (SSSR count). The van der Waals surface area contributed by atoms with Crippen LogP contribution >= 0.6 is 0 Å². The van der Waals surface area contributed by atoms with E-state index >= 15 is 0 Å². The van der Waals surface area contributed by atoms with Crippen LogP contribution in [-0.2, 0) is 14.3 Å². The van der Waals surface area contributed by atoms with Crippen LogP contribution in [0.5, 0.6) is 0 Å². The smallest absolute Gasteiger partial charge is 0.373 e. The van der Waals surface area contributed by atoms with E-state index in [1.165, 1.54) is 0 Å². The Morgan fingerprint density at radius 3 is 1.71 bits per heavy atom. The first kappa shape index (κ1) is 21.2. The molecule has 3 heterocycles. The molecule has 3 aliphatic rings. The Hall–Kier alpha value is -1.53. The Balaban J connectivity index is 1.64. The van der Waals surface area contributed by atoms with Gasteiger partial charge in [0.05, 0.1) is 24.0 Å². The van der Waals surface area contributed by atoms with E-state index in [9.17, 15) is 49.1 Å². The van der Waals surface area contributed by atoms with Crippen molar-refractivity contribution >= 4 is 11.8 Å². The Kier molecular flexibility index (Phi) is 4.72. The number of amides is 2. The van der Waals surface area contributed by atoms with Crippen LogP contribution in [0.15, 0.2) is 0 Å². The van der Waals surface area contributed by atoms with E-state index in [0.29, 0.717) is 17.7 Å². The average Bonchev–Trinajstić information content (AvgIpc) is 3.22. The number of imide groups is 1. The molecule has 0 saturated carbocycles. The Morgan fingerprint density at radius 1 is 0.821 bits per heavy atom. The summed E-state index contributed by atoms with van der Waals surface area (Å²) in [7, 11) is 0. The number of hydrogen-bond donors (Lipinski definition) is 0. The highest BCUT2D eigenvalue weighted by Gasteiger charge is 2.81. The third-order valence-electron chi connectivity index (χ3n) is 5.46. The van der Waals surface area contributed by atoms with Gasteiger partial charge in [-0.25, -0.2) is 0 Å². The van der Waals surface area contributed by atoms with Crippen molar-refractivity contribution < 1.29 is 53.8 Å². The van der Waals surface area contributed by atoms with Crippen molar-refractivity contribution in [3.8, 4) is 0 Å². The van der Waals surface area contributed by atoms with Gasteiger partial charge in [0, 0.05) is 13.0 Å². The van der Waals surface area contributed by atoms with Crippen LogP contribution in [0.4, 0.5) is 39.5 Å². The van der Waals surface area contributed by atoms with Crippen molar-refractivity contribution in [2.24, 2.45) is 11.8 Å². The molecule has 0 aromatic rings. The Morgan fingerprint density at radius 2 is 1.29 bits per heavy atom. The summed E-state index contributed by atoms with van der Waals surface area (Å²) in [5.41, 5.74) is 0. The Labute approximate surface area is 152 Å². The molecule has 0 N–H and O–H groups in total. The monoisotopic (exact) mass is 427 g/mol. The second-order valence-electron chi connectivity index (χ2n) is 7.12. The SMILES string of the molecule is O=C1C2C3CCC(O3)C2C(=O)N1CCCC(F)(F)C(F)(F)C(F)(F)C(F)(F)F. The summed E-state index contributed by atoms with van der Waals surface area (Å²) in [5.74, 6) is -22.4. The highest BCUT2D eigenvalue weighted by Crippen LogP contribution is 2.54. The molecule has 3 saturated heterocycles. The van der Waals surface area contributed by atoms with Gasteiger partial charge < -0.3 is 4.74 Å². The fourth-order valence-corrected chi connectivity index (χ4v) is 4.02. The van der Waals surface area contributed by atoms with E-state index in [0.717, 1.165) is 0 Å². The minimum Gasteiger partial charge on any atom is -0.373 e. The maximum absolute atomic E-state index is 13.5. The molecule has 4 nitrogen and oxygen atoms in total. The molecule has 0 aromatic carbocycles. The molecule has 13 heteroatoms. The minimum absolute atomic E-state index is 0.507. The van der Waals surface area contributed by atoms with Gasteiger partial charge in [-0.1, -0.05) is 0 Å². The molecule has 28 heavy (non-hydrogen) atoms. The first-order valence-corrected chi connectivity index (χ1v) is 8.34. The van der Waals surface area contributed by atoms with E-state index in [1.54, 1.807) is 0 Å². The fraction of sp³-hybridized carbons (Fsp3) is 0.867. The van der Waals surface area contributed by atoms with Gasteiger partial charge in [-0.3, -0.25) is 14.5 Å². The predicted octanol–water partition coefficient (Wildman–Crippen LogP) is 3.40. The van der Waals surface area contributed by atoms with Crippen molar-refractivity contribution in [3.63, 3.8) is 0 Å². The van der Waals surface area contributed by atoms with Crippen LogP contribution in [0.25, 0.3) is 0 Å². The van der Waals surface area contributed by atoms with Crippen molar-refractivity contribution in [2.45, 2.75) is 61.8 Å². The molecule has 0 radical (unpaired) electrons. The maximum Gasteiger partial charge on any atom is 0.460 e. The van der Waals surface area contributed by atoms with Crippen molar-refractivity contribution in [1.82, 2.24) is 4.90 Å². The van der Waals surface area contributed by atoms with Crippen LogP contribution in [0.2, 0.25) is 0 Å². The zero-order chi connectivity index (χ0) is 21.3. The molecule has 0 aliphatic carbocycles. The molecule has 160 valence electrons. The highest BCUT2D eigenvalue weighted by molar-refractivity contribution is 6.06. The molecule has 4 atom stereocenters. The molecule has 4 unspecified atom stereocenters. The lowest BCUT2D eigenvalue weighted by Gasteiger charge is -2.33. The minimum atomic E-state index is -6.95. The maximum atomic E-state index is 13.5. The van der Waals surface area contributed by atoms with Gasteiger partial charge in [0.1, 0.15) is 0 Å². The average molecular weight is 427 g/mol. The van der Waals surface area contributed by atoms with E-state index in [-0.39, 0.29) is 0 Å². The number of hydrogen-bond acceptors (Lipinski definition) is 3. The van der Waals surface area contributed by atoms with Crippen molar-refractivity contribution in [3.05, 3.63) is 0 Å². The lowest BCUT2D eigenvalue weighted by atomic mass is 9.81. The number of halogens is 9. The lowest BCUT2D eigenvalue weighted by molar-refractivity contribution is -0.396. The molecular weight excluding hydrogens is 413 g/mol. The van der Waals surface area contributed by atoms with Crippen LogP contribution in [-0.4, -0.2) is 59.4 Å². The van der Waals surface area contributed by atoms with E-state index in [2.05, 4.69) is 0 Å². The summed E-state index contributed by atoms with van der Waals surface area (Å²) in [6.45, 7) is -0.784. The Bertz CT molecular complexity index is 650. The molecule has 3 aliphatic heterocycles. The number of carbonyl (C=O) groups is 2. The van der Waals surface area contributed by atoms with Crippen LogP contribution in [0, 0.1) is 11.8 Å². The summed E-state index contributed by atoms with van der Waals surface area (Å²) in [6.07, 6.45) is -9.98. The van der Waals surface area contributed by atoms with Gasteiger partial charge >= 0.3 is 23.9 Å². The van der Waals surface area contributed by atoms with Crippen molar-refractivity contribution in [2.75, 3.05) is 6.54 Å². The highest BCUT2D eigenvalue weighted by atomic mass is 19.4. The van der Waals surface area contributed by atoms with E-state index < -0.39 is 79.2 Å². The van der Waals surface area contributed by atoms with Crippen LogP contribution in [0.3, 0.4) is 0 Å². The molecule has 0 spiro atoms. The van der Waals surface area contributed by atoms with E-state index in [1.807, 2.05) is 0 Å². The fourth-order valence-electron chi connectivity index (χ4n) is 4.02. The number of carbonyl (C=O) groups excluding carboxylic acids is 2. The third-order valence-corrected chi connectivity index (χ3v) is 5.46. The summed E-state index contributed by atoms with van der Waals surface area (Å²) in [5, 5.41) is 0. The molecule has 3 fully saturated rings. The number of ether oxygens (including phenoxy) is 1. The quantitative estimate of drug-likeness (QED) is 0.482. The summed E-state index contributed by atoms with van der Waals surface area (Å²) < 4.78 is 121. The summed E-state index contributed by atoms with van der Waals surface area (Å²) in [6, 6.07) is 0. The second kappa shape index (κ2) is 6.23. The van der Waals surface area contributed by atoms with Crippen LogP contribution < -0.4 is 0 Å². The zero-order valence-corrected chi connectivity index (χ0v) is 13.9. The molecule has 0 aromatic heterocycles. The van der Waals surface area contributed by atoms with Gasteiger partial charge in [0.15, 0.2) is 0 Å². The number of rotatable bonds is 6. The first-order chi connectivity index (χ1) is 12.6. The molecule has 2 bridgehead atoms. The topological polar surface area (TPSA) is 46.6 Å². The lowest BCUT2D eigenvalue weighted by Crippen LogP contribution is -2.60. The molecule has 2 amide bonds. The third kappa shape index (κ3) is 2.79. The molecular formula is C15H14F9NO3. The normalized spacial score (nSPS) is 31.1. The van der Waals surface area contributed by atoms with Gasteiger partial charge in [-0.15, -0.1) is 0 Å². The van der Waals surface area contributed by atoms with Gasteiger partial charge in [-0.2, -0.15) is 39.5 Å². The number of alkyl halides is 9.